The average molecular weight is 443 g/mol. The van der Waals surface area contributed by atoms with Gasteiger partial charge in [-0.05, 0) is 55.0 Å². The van der Waals surface area contributed by atoms with Gasteiger partial charge < -0.3 is 9.73 Å². The lowest BCUT2D eigenvalue weighted by molar-refractivity contribution is 0.620. The summed E-state index contributed by atoms with van der Waals surface area (Å²) in [5, 5.41) is 13.4. The predicted molar refractivity (Wildman–Crippen MR) is 131 cm³/mol. The molecule has 0 aliphatic carbocycles. The van der Waals surface area contributed by atoms with Gasteiger partial charge in [0.25, 0.3) is 5.56 Å². The number of rotatable bonds is 3. The Morgan fingerprint density at radius 1 is 1.00 bits per heavy atom. The number of benzene rings is 3. The van der Waals surface area contributed by atoms with Crippen molar-refractivity contribution in [1.29, 1.82) is 5.26 Å². The molecule has 162 valence electrons. The summed E-state index contributed by atoms with van der Waals surface area (Å²) < 4.78 is 7.38. The Balaban J connectivity index is 1.46. The highest BCUT2D eigenvalue weighted by Crippen LogP contribution is 2.26. The maximum absolute atomic E-state index is 13.4. The molecule has 0 atom stereocenters. The normalized spacial score (nSPS) is 11.9. The molecular weight excluding hydrogens is 426 g/mol. The minimum absolute atomic E-state index is 0.235. The first kappa shape index (κ1) is 19.7. The van der Waals surface area contributed by atoms with Gasteiger partial charge >= 0.3 is 0 Å². The molecule has 7 heteroatoms. The van der Waals surface area contributed by atoms with E-state index in [4.69, 9.17) is 4.42 Å². The Labute approximate surface area is 193 Å². The fourth-order valence-electron chi connectivity index (χ4n) is 4.16. The van der Waals surface area contributed by atoms with Crippen molar-refractivity contribution < 1.29 is 4.42 Å². The van der Waals surface area contributed by atoms with Crippen LogP contribution in [0.4, 0.5) is 5.69 Å². The third kappa shape index (κ3) is 3.01. The van der Waals surface area contributed by atoms with Crippen LogP contribution in [0.15, 0.2) is 82.0 Å². The Morgan fingerprint density at radius 2 is 1.79 bits per heavy atom. The van der Waals surface area contributed by atoms with E-state index in [-0.39, 0.29) is 5.56 Å². The molecule has 6 rings (SSSR count). The molecule has 0 aliphatic heterocycles. The molecule has 0 saturated heterocycles. The molecule has 7 nitrogen and oxygen atoms in total. The first-order chi connectivity index (χ1) is 16.6. The van der Waals surface area contributed by atoms with Crippen LogP contribution in [0.2, 0.25) is 0 Å². The number of oxazole rings is 1. The number of nitrogens with zero attached hydrogens (tertiary/aromatic N) is 4. The maximum atomic E-state index is 13.4. The highest BCUT2D eigenvalue weighted by Gasteiger charge is 2.16. The zero-order chi connectivity index (χ0) is 23.2. The lowest BCUT2D eigenvalue weighted by Gasteiger charge is -2.04. The molecule has 6 aromatic rings. The van der Waals surface area contributed by atoms with Crippen molar-refractivity contribution in [2.24, 2.45) is 0 Å². The summed E-state index contributed by atoms with van der Waals surface area (Å²) in [5.74, 6) is 0.547. The SMILES string of the molecule is Cc1c(C#N)c2nc3ccccc3n2c(=O)/c1=C/Nc1ccc2oc(-c3ccccc3)nc2c1. The van der Waals surface area contributed by atoms with Gasteiger partial charge in [-0.2, -0.15) is 5.26 Å². The Bertz CT molecular complexity index is 1880. The number of para-hydroxylation sites is 2. The topological polar surface area (TPSA) is 96.2 Å². The number of nitriles is 1. The molecule has 3 heterocycles. The molecule has 0 unspecified atom stereocenters. The van der Waals surface area contributed by atoms with Crippen LogP contribution in [-0.4, -0.2) is 14.4 Å². The summed E-state index contributed by atoms with van der Waals surface area (Å²) >= 11 is 0. The Morgan fingerprint density at radius 3 is 2.62 bits per heavy atom. The second kappa shape index (κ2) is 7.57. The van der Waals surface area contributed by atoms with Gasteiger partial charge in [-0.25, -0.2) is 9.97 Å². The zero-order valence-electron chi connectivity index (χ0n) is 18.1. The van der Waals surface area contributed by atoms with Crippen molar-refractivity contribution in [2.75, 3.05) is 5.32 Å². The van der Waals surface area contributed by atoms with Crippen LogP contribution in [0, 0.1) is 18.3 Å². The highest BCUT2D eigenvalue weighted by atomic mass is 16.3. The van der Waals surface area contributed by atoms with E-state index in [9.17, 15) is 10.1 Å². The van der Waals surface area contributed by atoms with E-state index in [1.54, 1.807) is 13.1 Å². The fraction of sp³-hybridized carbons (Fsp3) is 0.0370. The second-order valence-corrected chi connectivity index (χ2v) is 7.95. The molecule has 34 heavy (non-hydrogen) atoms. The van der Waals surface area contributed by atoms with E-state index in [2.05, 4.69) is 21.4 Å². The first-order valence-corrected chi connectivity index (χ1v) is 10.7. The fourth-order valence-corrected chi connectivity index (χ4v) is 4.16. The van der Waals surface area contributed by atoms with Crippen LogP contribution in [0.1, 0.15) is 11.1 Å². The van der Waals surface area contributed by atoms with Gasteiger partial charge in [0.1, 0.15) is 11.6 Å². The molecular formula is C27H17N5O2. The van der Waals surface area contributed by atoms with Gasteiger partial charge in [-0.1, -0.05) is 30.3 Å². The number of hydrogen-bond donors (Lipinski definition) is 1. The van der Waals surface area contributed by atoms with Crippen LogP contribution in [0.3, 0.4) is 0 Å². The lowest BCUT2D eigenvalue weighted by Crippen LogP contribution is -2.34. The molecule has 0 fully saturated rings. The van der Waals surface area contributed by atoms with Crippen molar-refractivity contribution in [3.8, 4) is 17.5 Å². The lowest BCUT2D eigenvalue weighted by atomic mass is 10.1. The third-order valence-corrected chi connectivity index (χ3v) is 5.90. The van der Waals surface area contributed by atoms with E-state index in [0.29, 0.717) is 50.0 Å². The van der Waals surface area contributed by atoms with E-state index in [1.807, 2.05) is 72.8 Å². The number of nitrogens with one attached hydrogen (secondary N) is 1. The van der Waals surface area contributed by atoms with Gasteiger partial charge in [-0.3, -0.25) is 9.20 Å². The molecule has 0 aliphatic rings. The number of pyridine rings is 1. The van der Waals surface area contributed by atoms with Crippen LogP contribution < -0.4 is 16.1 Å². The number of imidazole rings is 1. The summed E-state index contributed by atoms with van der Waals surface area (Å²) in [7, 11) is 0. The van der Waals surface area contributed by atoms with Gasteiger partial charge in [0.05, 0.1) is 21.8 Å². The van der Waals surface area contributed by atoms with E-state index < -0.39 is 0 Å². The van der Waals surface area contributed by atoms with Crippen molar-refractivity contribution in [1.82, 2.24) is 14.4 Å². The molecule has 3 aromatic heterocycles. The zero-order valence-corrected chi connectivity index (χ0v) is 18.1. The van der Waals surface area contributed by atoms with E-state index in [1.165, 1.54) is 4.40 Å². The smallest absolute Gasteiger partial charge is 0.265 e. The third-order valence-electron chi connectivity index (χ3n) is 5.90. The minimum Gasteiger partial charge on any atom is -0.436 e. The van der Waals surface area contributed by atoms with Gasteiger partial charge in [0, 0.05) is 17.5 Å². The molecule has 0 amide bonds. The highest BCUT2D eigenvalue weighted by molar-refractivity contribution is 5.83. The molecule has 0 radical (unpaired) electrons. The van der Waals surface area contributed by atoms with Crippen LogP contribution in [0.5, 0.6) is 0 Å². The number of aromatic nitrogens is 3. The summed E-state index contributed by atoms with van der Waals surface area (Å²) in [5.41, 5.74) is 5.46. The largest absolute Gasteiger partial charge is 0.436 e. The average Bonchev–Trinajstić information content (AvgIpc) is 3.46. The van der Waals surface area contributed by atoms with Gasteiger partial charge in [0.2, 0.25) is 5.89 Å². The molecule has 3 aromatic carbocycles. The minimum atomic E-state index is -0.235. The molecule has 0 bridgehead atoms. The number of fused-ring (bicyclic) bond motifs is 4. The van der Waals surface area contributed by atoms with E-state index >= 15 is 0 Å². The number of hydrogen-bond acceptors (Lipinski definition) is 6. The Kier molecular flexibility index (Phi) is 4.39. The second-order valence-electron chi connectivity index (χ2n) is 7.95. The summed E-state index contributed by atoms with van der Waals surface area (Å²) in [4.78, 5) is 22.5. The van der Waals surface area contributed by atoms with Gasteiger partial charge in [-0.15, -0.1) is 0 Å². The van der Waals surface area contributed by atoms with Crippen molar-refractivity contribution in [2.45, 2.75) is 6.92 Å². The van der Waals surface area contributed by atoms with Crippen molar-refractivity contribution in [3.63, 3.8) is 0 Å². The predicted octanol–water partition coefficient (Wildman–Crippen LogP) is 4.41. The standard InChI is InChI=1S/C27H17N5O2/c1-16-19(14-28)25-30-21-9-5-6-10-23(21)32(25)27(33)20(16)15-29-18-11-12-24-22(13-18)31-26(34-24)17-7-3-2-4-8-17/h2-13,15,29H,1H3/b20-15+. The van der Waals surface area contributed by atoms with Crippen molar-refractivity contribution >= 4 is 39.7 Å². The molecule has 0 spiro atoms. The van der Waals surface area contributed by atoms with E-state index in [0.717, 1.165) is 11.3 Å². The maximum Gasteiger partial charge on any atom is 0.265 e. The monoisotopic (exact) mass is 443 g/mol. The van der Waals surface area contributed by atoms with Crippen LogP contribution >= 0.6 is 0 Å². The Hall–Kier alpha value is -4.96. The quantitative estimate of drug-likeness (QED) is 0.435. The van der Waals surface area contributed by atoms with Crippen molar-refractivity contribution in [3.05, 3.63) is 99.5 Å². The summed E-state index contributed by atoms with van der Waals surface area (Å²) in [6.07, 6.45) is 1.63. The summed E-state index contributed by atoms with van der Waals surface area (Å²) in [6.45, 7) is 1.76. The van der Waals surface area contributed by atoms with Crippen LogP contribution in [-0.2, 0) is 0 Å². The van der Waals surface area contributed by atoms with Gasteiger partial charge in [0.15, 0.2) is 11.2 Å². The number of anilines is 1. The first-order valence-electron chi connectivity index (χ1n) is 10.7. The molecule has 0 saturated carbocycles. The summed E-state index contributed by atoms with van der Waals surface area (Å²) in [6, 6.07) is 24.8. The van der Waals surface area contributed by atoms with Crippen LogP contribution in [0.25, 0.3) is 45.4 Å². The molecule has 1 N–H and O–H groups in total.